The minimum Gasteiger partial charge on any atom is -0.497 e. The molecule has 0 aliphatic heterocycles. The van der Waals surface area contributed by atoms with E-state index in [9.17, 15) is 4.79 Å². The molecular formula is C16H23NO3. The van der Waals surface area contributed by atoms with E-state index in [1.165, 1.54) is 12.7 Å². The van der Waals surface area contributed by atoms with Gasteiger partial charge in [-0.25, -0.2) is 0 Å². The first-order valence-electron chi connectivity index (χ1n) is 7.17. The summed E-state index contributed by atoms with van der Waals surface area (Å²) in [4.78, 5) is 11.0. The fraction of sp³-hybridized carbons (Fsp3) is 0.562. The van der Waals surface area contributed by atoms with E-state index in [1.807, 2.05) is 12.1 Å². The summed E-state index contributed by atoms with van der Waals surface area (Å²) in [6.45, 7) is 0.880. The van der Waals surface area contributed by atoms with E-state index in [4.69, 9.17) is 4.74 Å². The van der Waals surface area contributed by atoms with Gasteiger partial charge in [0.2, 0.25) is 0 Å². The quantitative estimate of drug-likeness (QED) is 0.614. The van der Waals surface area contributed by atoms with Crippen molar-refractivity contribution in [3.63, 3.8) is 0 Å². The summed E-state index contributed by atoms with van der Waals surface area (Å²) in [5, 5.41) is 3.49. The zero-order chi connectivity index (χ0) is 14.4. The lowest BCUT2D eigenvalue weighted by Crippen LogP contribution is -2.40. The van der Waals surface area contributed by atoms with Gasteiger partial charge in [-0.1, -0.05) is 12.1 Å². The number of esters is 1. The van der Waals surface area contributed by atoms with Gasteiger partial charge in [0.1, 0.15) is 5.75 Å². The molecule has 0 unspecified atom stereocenters. The van der Waals surface area contributed by atoms with Crippen molar-refractivity contribution >= 4 is 5.97 Å². The average molecular weight is 277 g/mol. The highest BCUT2D eigenvalue weighted by molar-refractivity contribution is 5.69. The van der Waals surface area contributed by atoms with Gasteiger partial charge in [-0.2, -0.15) is 0 Å². The van der Waals surface area contributed by atoms with Crippen molar-refractivity contribution in [3.05, 3.63) is 29.8 Å². The van der Waals surface area contributed by atoms with Crippen LogP contribution in [0.1, 0.15) is 37.2 Å². The minimum absolute atomic E-state index is 0.130. The summed E-state index contributed by atoms with van der Waals surface area (Å²) < 4.78 is 9.87. The molecule has 1 aliphatic rings. The van der Waals surface area contributed by atoms with E-state index in [1.54, 1.807) is 7.11 Å². The molecule has 1 fully saturated rings. The lowest BCUT2D eigenvalue weighted by molar-refractivity contribution is -0.140. The predicted molar refractivity (Wildman–Crippen MR) is 78.0 cm³/mol. The Morgan fingerprint density at radius 2 is 2.15 bits per heavy atom. The number of carbonyl (C=O) groups is 1. The molecule has 2 rings (SSSR count). The highest BCUT2D eigenvalue weighted by atomic mass is 16.5. The number of methoxy groups -OCH3 is 2. The van der Waals surface area contributed by atoms with Crippen LogP contribution in [0, 0.1) is 0 Å². The molecule has 4 nitrogen and oxygen atoms in total. The van der Waals surface area contributed by atoms with Crippen molar-refractivity contribution < 1.29 is 14.3 Å². The Balaban J connectivity index is 1.65. The third-order valence-corrected chi connectivity index (χ3v) is 3.92. The van der Waals surface area contributed by atoms with Crippen LogP contribution in [0.5, 0.6) is 5.75 Å². The summed E-state index contributed by atoms with van der Waals surface area (Å²) in [7, 11) is 3.13. The molecule has 0 amide bonds. The van der Waals surface area contributed by atoms with Crippen LogP contribution < -0.4 is 10.1 Å². The highest BCUT2D eigenvalue weighted by Gasteiger charge is 2.29. The second-order valence-corrected chi connectivity index (χ2v) is 5.28. The Bertz CT molecular complexity index is 441. The van der Waals surface area contributed by atoms with E-state index < -0.39 is 0 Å². The number of benzene rings is 1. The molecule has 1 saturated carbocycles. The summed E-state index contributed by atoms with van der Waals surface area (Å²) in [6.07, 6.45) is 3.65. The fourth-order valence-corrected chi connectivity index (χ4v) is 2.59. The molecule has 1 aromatic rings. The van der Waals surface area contributed by atoms with Crippen LogP contribution in [-0.4, -0.2) is 32.8 Å². The van der Waals surface area contributed by atoms with Gasteiger partial charge in [-0.15, -0.1) is 0 Å². The van der Waals surface area contributed by atoms with Crippen molar-refractivity contribution in [1.29, 1.82) is 0 Å². The molecular weight excluding hydrogens is 254 g/mol. The Morgan fingerprint density at radius 3 is 2.85 bits per heavy atom. The third-order valence-electron chi connectivity index (χ3n) is 3.92. The number of rotatable bonds is 7. The summed E-state index contributed by atoms with van der Waals surface area (Å²) in [5.41, 5.74) is 1.36. The van der Waals surface area contributed by atoms with Gasteiger partial charge >= 0.3 is 5.97 Å². The van der Waals surface area contributed by atoms with Crippen LogP contribution in [0.2, 0.25) is 0 Å². The average Bonchev–Trinajstić information content (AvgIpc) is 2.44. The SMILES string of the molecule is COC(=O)CCCNC1CC(c2cccc(OC)c2)C1. The zero-order valence-electron chi connectivity index (χ0n) is 12.2. The van der Waals surface area contributed by atoms with Gasteiger partial charge in [0, 0.05) is 12.5 Å². The first kappa shape index (κ1) is 14.9. The topological polar surface area (TPSA) is 47.6 Å². The molecule has 0 atom stereocenters. The van der Waals surface area contributed by atoms with E-state index in [0.717, 1.165) is 31.6 Å². The van der Waals surface area contributed by atoms with Gasteiger partial charge in [0.05, 0.1) is 14.2 Å². The second kappa shape index (κ2) is 7.29. The lowest BCUT2D eigenvalue weighted by atomic mass is 9.76. The smallest absolute Gasteiger partial charge is 0.305 e. The lowest BCUT2D eigenvalue weighted by Gasteiger charge is -2.36. The Kier molecular flexibility index (Phi) is 5.41. The number of carbonyl (C=O) groups excluding carboxylic acids is 1. The monoisotopic (exact) mass is 277 g/mol. The molecule has 1 N–H and O–H groups in total. The molecule has 1 aliphatic carbocycles. The maximum atomic E-state index is 11.0. The fourth-order valence-electron chi connectivity index (χ4n) is 2.59. The standard InChI is InChI=1S/C16H23NO3/c1-19-15-6-3-5-12(11-15)13-9-14(10-13)17-8-4-7-16(18)20-2/h3,5-6,11,13-14,17H,4,7-10H2,1-2H3. The second-order valence-electron chi connectivity index (χ2n) is 5.28. The summed E-state index contributed by atoms with van der Waals surface area (Å²) >= 11 is 0. The van der Waals surface area contributed by atoms with E-state index in [-0.39, 0.29) is 5.97 Å². The summed E-state index contributed by atoms with van der Waals surface area (Å²) in [6, 6.07) is 8.89. The number of nitrogens with one attached hydrogen (secondary N) is 1. The van der Waals surface area contributed by atoms with Gasteiger partial charge in [0.25, 0.3) is 0 Å². The molecule has 0 bridgehead atoms. The number of ether oxygens (including phenoxy) is 2. The minimum atomic E-state index is -0.130. The first-order chi connectivity index (χ1) is 9.72. The number of hydrogen-bond donors (Lipinski definition) is 1. The zero-order valence-corrected chi connectivity index (χ0v) is 12.2. The van der Waals surface area contributed by atoms with Crippen LogP contribution in [-0.2, 0) is 9.53 Å². The summed E-state index contributed by atoms with van der Waals surface area (Å²) in [5.74, 6) is 1.43. The maximum absolute atomic E-state index is 11.0. The largest absolute Gasteiger partial charge is 0.497 e. The van der Waals surface area contributed by atoms with E-state index in [0.29, 0.717) is 18.4 Å². The molecule has 0 radical (unpaired) electrons. The van der Waals surface area contributed by atoms with Crippen molar-refractivity contribution in [1.82, 2.24) is 5.32 Å². The Morgan fingerprint density at radius 1 is 1.35 bits per heavy atom. The van der Waals surface area contributed by atoms with Crippen molar-refractivity contribution in [3.8, 4) is 5.75 Å². The normalized spacial score (nSPS) is 21.1. The van der Waals surface area contributed by atoms with Crippen molar-refractivity contribution in [2.75, 3.05) is 20.8 Å². The van der Waals surface area contributed by atoms with Gasteiger partial charge in [0.15, 0.2) is 0 Å². The Labute approximate surface area is 120 Å². The molecule has 110 valence electrons. The Hall–Kier alpha value is -1.55. The van der Waals surface area contributed by atoms with Crippen molar-refractivity contribution in [2.45, 2.75) is 37.6 Å². The van der Waals surface area contributed by atoms with E-state index in [2.05, 4.69) is 22.2 Å². The maximum Gasteiger partial charge on any atom is 0.305 e. The van der Waals surface area contributed by atoms with E-state index >= 15 is 0 Å². The van der Waals surface area contributed by atoms with Crippen LogP contribution in [0.25, 0.3) is 0 Å². The molecule has 0 spiro atoms. The highest BCUT2D eigenvalue weighted by Crippen LogP contribution is 2.37. The van der Waals surface area contributed by atoms with Crippen LogP contribution in [0.4, 0.5) is 0 Å². The molecule has 20 heavy (non-hydrogen) atoms. The molecule has 0 saturated heterocycles. The van der Waals surface area contributed by atoms with Gasteiger partial charge in [-0.3, -0.25) is 4.79 Å². The first-order valence-corrected chi connectivity index (χ1v) is 7.17. The number of hydrogen-bond acceptors (Lipinski definition) is 4. The molecule has 0 aromatic heterocycles. The third kappa shape index (κ3) is 3.97. The van der Waals surface area contributed by atoms with Gasteiger partial charge < -0.3 is 14.8 Å². The van der Waals surface area contributed by atoms with Crippen LogP contribution in [0.15, 0.2) is 24.3 Å². The van der Waals surface area contributed by atoms with Crippen LogP contribution in [0.3, 0.4) is 0 Å². The van der Waals surface area contributed by atoms with Gasteiger partial charge in [-0.05, 0) is 49.4 Å². The van der Waals surface area contributed by atoms with Crippen LogP contribution >= 0.6 is 0 Å². The molecule has 1 aromatic carbocycles. The molecule has 0 heterocycles. The predicted octanol–water partition coefficient (Wildman–Crippen LogP) is 2.48. The molecule has 4 heteroatoms. The van der Waals surface area contributed by atoms with Crippen molar-refractivity contribution in [2.24, 2.45) is 0 Å².